The van der Waals surface area contributed by atoms with Gasteiger partial charge in [0.1, 0.15) is 10.6 Å². The summed E-state index contributed by atoms with van der Waals surface area (Å²) >= 11 is 1.21. The molecule has 0 aliphatic carbocycles. The normalized spacial score (nSPS) is 13.7. The van der Waals surface area contributed by atoms with Crippen LogP contribution in [-0.2, 0) is 6.42 Å². The number of rotatable bonds is 1. The highest BCUT2D eigenvalue weighted by molar-refractivity contribution is 7.13. The van der Waals surface area contributed by atoms with Gasteiger partial charge in [-0.05, 0) is 12.8 Å². The summed E-state index contributed by atoms with van der Waals surface area (Å²) in [7, 11) is 0. The highest BCUT2D eigenvalue weighted by Crippen LogP contribution is 2.26. The Labute approximate surface area is 83.5 Å². The lowest BCUT2D eigenvalue weighted by Crippen LogP contribution is -2.18. The molecule has 0 aromatic carbocycles. The smallest absolute Gasteiger partial charge is 0.340 e. The van der Waals surface area contributed by atoms with Gasteiger partial charge in [0.15, 0.2) is 5.43 Å². The van der Waals surface area contributed by atoms with Crippen LogP contribution in [0.5, 0.6) is 0 Å². The molecule has 1 aliphatic rings. The maximum Gasteiger partial charge on any atom is 0.340 e. The van der Waals surface area contributed by atoms with Crippen molar-refractivity contribution in [2.45, 2.75) is 12.8 Å². The van der Waals surface area contributed by atoms with Gasteiger partial charge in [0.05, 0.1) is 0 Å². The number of carbonyl (C=O) groups is 1. The van der Waals surface area contributed by atoms with Crippen molar-refractivity contribution >= 4 is 28.5 Å². The Bertz CT molecular complexity index is 475. The van der Waals surface area contributed by atoms with Crippen LogP contribution >= 0.6 is 11.3 Å². The number of aromatic carboxylic acids is 1. The van der Waals surface area contributed by atoms with Crippen molar-refractivity contribution in [3.05, 3.63) is 26.7 Å². The van der Waals surface area contributed by atoms with Crippen molar-refractivity contribution in [2.75, 3.05) is 0 Å². The molecule has 0 bridgehead atoms. The molecule has 0 spiro atoms. The van der Waals surface area contributed by atoms with Crippen molar-refractivity contribution in [1.29, 1.82) is 0 Å². The van der Waals surface area contributed by atoms with Gasteiger partial charge in [0, 0.05) is 17.2 Å². The van der Waals surface area contributed by atoms with E-state index in [0.717, 1.165) is 0 Å². The molecule has 1 N–H and O–H groups in total. The Morgan fingerprint density at radius 1 is 1.57 bits per heavy atom. The minimum Gasteiger partial charge on any atom is -0.478 e. The fourth-order valence-corrected chi connectivity index (χ4v) is 2.24. The molecule has 2 heterocycles. The summed E-state index contributed by atoms with van der Waals surface area (Å²) in [6.45, 7) is 0. The van der Waals surface area contributed by atoms with Gasteiger partial charge in [-0.1, -0.05) is 0 Å². The second kappa shape index (κ2) is 3.34. The van der Waals surface area contributed by atoms with Gasteiger partial charge in [-0.2, -0.15) is 0 Å². The number of nitrogens with zero attached hydrogens (tertiary/aromatic N) is 1. The fraction of sp³-hybridized carbons (Fsp3) is 0.222. The molecule has 72 valence electrons. The third-order valence-corrected chi connectivity index (χ3v) is 2.96. The third-order valence-electron chi connectivity index (χ3n) is 2.03. The van der Waals surface area contributed by atoms with Crippen LogP contribution < -0.4 is 5.43 Å². The molecule has 5 heteroatoms. The minimum atomic E-state index is -1.16. The summed E-state index contributed by atoms with van der Waals surface area (Å²) < 4.78 is 0. The van der Waals surface area contributed by atoms with E-state index in [1.807, 2.05) is 0 Å². The molecule has 0 saturated heterocycles. The Balaban J connectivity index is 2.67. The van der Waals surface area contributed by atoms with Crippen LogP contribution in [0.4, 0.5) is 5.00 Å². The molecular weight excluding hydrogens is 202 g/mol. The van der Waals surface area contributed by atoms with E-state index in [1.165, 1.54) is 16.7 Å². The first-order chi connectivity index (χ1) is 6.70. The summed E-state index contributed by atoms with van der Waals surface area (Å²) in [6, 6.07) is 0. The zero-order chi connectivity index (χ0) is 10.1. The van der Waals surface area contributed by atoms with E-state index in [2.05, 4.69) is 4.99 Å². The predicted molar refractivity (Wildman–Crippen MR) is 54.0 cm³/mol. The number of aliphatic imine (C=N–C) groups is 1. The first-order valence-electron chi connectivity index (χ1n) is 4.10. The van der Waals surface area contributed by atoms with Crippen molar-refractivity contribution in [3.8, 4) is 0 Å². The molecular formula is C9H7NO3S. The van der Waals surface area contributed by atoms with Crippen molar-refractivity contribution in [3.63, 3.8) is 0 Å². The molecule has 0 atom stereocenters. The number of hydrogen-bond acceptors (Lipinski definition) is 4. The average Bonchev–Trinajstić information content (AvgIpc) is 2.18. The topological polar surface area (TPSA) is 66.7 Å². The number of fused-ring (bicyclic) bond motifs is 1. The molecule has 4 nitrogen and oxygen atoms in total. The maximum atomic E-state index is 11.6. The lowest BCUT2D eigenvalue weighted by atomic mass is 10.1. The minimum absolute atomic E-state index is 0.147. The van der Waals surface area contributed by atoms with E-state index in [0.29, 0.717) is 23.4 Å². The molecule has 2 rings (SSSR count). The van der Waals surface area contributed by atoms with Crippen LogP contribution in [0.1, 0.15) is 22.3 Å². The van der Waals surface area contributed by atoms with Gasteiger partial charge in [0.25, 0.3) is 0 Å². The highest BCUT2D eigenvalue weighted by Gasteiger charge is 2.17. The van der Waals surface area contributed by atoms with Crippen LogP contribution in [0.2, 0.25) is 0 Å². The van der Waals surface area contributed by atoms with E-state index in [4.69, 9.17) is 5.11 Å². The first-order valence-corrected chi connectivity index (χ1v) is 4.98. The van der Waals surface area contributed by atoms with E-state index >= 15 is 0 Å². The quantitative estimate of drug-likeness (QED) is 0.761. The third kappa shape index (κ3) is 1.35. The molecule has 1 aromatic rings. The van der Waals surface area contributed by atoms with Crippen LogP contribution in [0.25, 0.3) is 0 Å². The molecule has 14 heavy (non-hydrogen) atoms. The summed E-state index contributed by atoms with van der Waals surface area (Å²) in [6.07, 6.45) is 3.05. The lowest BCUT2D eigenvalue weighted by molar-refractivity contribution is 0.0696. The van der Waals surface area contributed by atoms with Crippen LogP contribution in [0.15, 0.2) is 15.2 Å². The van der Waals surface area contributed by atoms with Gasteiger partial charge in [-0.25, -0.2) is 9.79 Å². The Morgan fingerprint density at radius 2 is 2.36 bits per heavy atom. The number of hydrogen-bond donors (Lipinski definition) is 1. The molecule has 0 fully saturated rings. The Hall–Kier alpha value is -1.49. The van der Waals surface area contributed by atoms with Gasteiger partial charge in [-0.15, -0.1) is 11.3 Å². The summed E-state index contributed by atoms with van der Waals surface area (Å²) in [4.78, 5) is 26.3. The first kappa shape index (κ1) is 9.08. The number of carboxylic acids is 1. The largest absolute Gasteiger partial charge is 0.478 e. The second-order valence-corrected chi connectivity index (χ2v) is 3.78. The fourth-order valence-electron chi connectivity index (χ4n) is 1.33. The molecule has 0 saturated carbocycles. The Kier molecular flexibility index (Phi) is 2.17. The van der Waals surface area contributed by atoms with Gasteiger partial charge in [-0.3, -0.25) is 4.79 Å². The summed E-state index contributed by atoms with van der Waals surface area (Å²) in [5, 5.41) is 10.7. The second-order valence-electron chi connectivity index (χ2n) is 2.92. The highest BCUT2D eigenvalue weighted by atomic mass is 32.1. The van der Waals surface area contributed by atoms with Crippen molar-refractivity contribution < 1.29 is 9.90 Å². The Morgan fingerprint density at radius 3 is 3.07 bits per heavy atom. The molecule has 1 aromatic heterocycles. The molecule has 0 amide bonds. The van der Waals surface area contributed by atoms with Gasteiger partial charge < -0.3 is 5.11 Å². The SMILES string of the molecule is O=C(O)c1csc2c(c1=O)CCC=N2. The zero-order valence-corrected chi connectivity index (χ0v) is 8.00. The van der Waals surface area contributed by atoms with Crippen LogP contribution in [-0.4, -0.2) is 17.3 Å². The van der Waals surface area contributed by atoms with Crippen LogP contribution in [0.3, 0.4) is 0 Å². The summed E-state index contributed by atoms with van der Waals surface area (Å²) in [5.41, 5.74) is 0.00588. The predicted octanol–water partition coefficient (Wildman–Crippen LogP) is 1.45. The van der Waals surface area contributed by atoms with E-state index < -0.39 is 5.97 Å². The molecule has 0 radical (unpaired) electrons. The number of carboxylic acid groups (broad SMARTS) is 1. The summed E-state index contributed by atoms with van der Waals surface area (Å²) in [5.74, 6) is -1.16. The monoisotopic (exact) mass is 209 g/mol. The van der Waals surface area contributed by atoms with Gasteiger partial charge in [0.2, 0.25) is 0 Å². The van der Waals surface area contributed by atoms with Crippen LogP contribution in [0, 0.1) is 0 Å². The van der Waals surface area contributed by atoms with Crippen molar-refractivity contribution in [1.82, 2.24) is 0 Å². The van der Waals surface area contributed by atoms with E-state index in [1.54, 1.807) is 6.21 Å². The van der Waals surface area contributed by atoms with Gasteiger partial charge >= 0.3 is 5.97 Å². The van der Waals surface area contributed by atoms with Crippen molar-refractivity contribution in [2.24, 2.45) is 4.99 Å². The zero-order valence-electron chi connectivity index (χ0n) is 7.19. The molecule has 1 aliphatic heterocycles. The van der Waals surface area contributed by atoms with E-state index in [9.17, 15) is 9.59 Å². The maximum absolute atomic E-state index is 11.6. The average molecular weight is 209 g/mol. The van der Waals surface area contributed by atoms with E-state index in [-0.39, 0.29) is 11.0 Å². The lowest BCUT2D eigenvalue weighted by Gasteiger charge is -2.07. The molecule has 0 unspecified atom stereocenters. The standard InChI is InChI=1S/C9H7NO3S/c11-7-5-2-1-3-10-8(5)14-4-6(7)9(12)13/h3-4H,1-2H2,(H,12,13).